The Balaban J connectivity index is 1.92. The highest BCUT2D eigenvalue weighted by Gasteiger charge is 2.25. The van der Waals surface area contributed by atoms with Crippen molar-refractivity contribution in [1.82, 2.24) is 0 Å². The Morgan fingerprint density at radius 1 is 1.11 bits per heavy atom. The van der Waals surface area contributed by atoms with Crippen LogP contribution in [0.5, 0.6) is 0 Å². The highest BCUT2D eigenvalue weighted by molar-refractivity contribution is 5.23. The summed E-state index contributed by atoms with van der Waals surface area (Å²) < 4.78 is 0. The Labute approximate surface area is 114 Å². The molecule has 2 aliphatic rings. The molecule has 0 aromatic rings. The van der Waals surface area contributed by atoms with Gasteiger partial charge in [0.25, 0.3) is 0 Å². The third-order valence-corrected chi connectivity index (χ3v) is 5.20. The van der Waals surface area contributed by atoms with Crippen molar-refractivity contribution in [3.63, 3.8) is 0 Å². The standard InChI is InChI=1S/C18H30/c1-3-17(4-2)18(13-15-9-5-6-10-15)14-16-11-7-8-12-16/h5-6,9,16-18H,3-4,7-8,10-14H2,1-2H3. The van der Waals surface area contributed by atoms with Crippen LogP contribution in [-0.2, 0) is 0 Å². The maximum absolute atomic E-state index is 2.39. The van der Waals surface area contributed by atoms with Crippen LogP contribution in [0, 0.1) is 17.8 Å². The van der Waals surface area contributed by atoms with E-state index in [0.717, 1.165) is 17.8 Å². The molecule has 0 radical (unpaired) electrons. The van der Waals surface area contributed by atoms with Gasteiger partial charge in [-0.1, -0.05) is 76.2 Å². The Morgan fingerprint density at radius 2 is 1.83 bits per heavy atom. The van der Waals surface area contributed by atoms with Crippen LogP contribution >= 0.6 is 0 Å². The van der Waals surface area contributed by atoms with Crippen molar-refractivity contribution in [2.75, 3.05) is 0 Å². The minimum Gasteiger partial charge on any atom is -0.0805 e. The second-order valence-electron chi connectivity index (χ2n) is 6.38. The van der Waals surface area contributed by atoms with E-state index in [2.05, 4.69) is 32.1 Å². The zero-order valence-electron chi connectivity index (χ0n) is 12.3. The molecular formula is C18H30. The van der Waals surface area contributed by atoms with Crippen LogP contribution < -0.4 is 0 Å². The monoisotopic (exact) mass is 246 g/mol. The first kappa shape index (κ1) is 13.9. The molecule has 0 N–H and O–H groups in total. The Hall–Kier alpha value is -0.520. The van der Waals surface area contributed by atoms with Crippen LogP contribution in [0.3, 0.4) is 0 Å². The predicted octanol–water partition coefficient (Wildman–Crippen LogP) is 5.90. The fraction of sp³-hybridized carbons (Fsp3) is 0.778. The van der Waals surface area contributed by atoms with Gasteiger partial charge in [-0.3, -0.25) is 0 Å². The lowest BCUT2D eigenvalue weighted by Gasteiger charge is -2.28. The van der Waals surface area contributed by atoms with Gasteiger partial charge in [-0.25, -0.2) is 0 Å². The lowest BCUT2D eigenvalue weighted by atomic mass is 9.77. The van der Waals surface area contributed by atoms with Gasteiger partial charge in [0.1, 0.15) is 0 Å². The highest BCUT2D eigenvalue weighted by Crippen LogP contribution is 2.38. The number of rotatable bonds is 7. The van der Waals surface area contributed by atoms with Gasteiger partial charge in [0.2, 0.25) is 0 Å². The minimum atomic E-state index is 0.951. The average molecular weight is 246 g/mol. The largest absolute Gasteiger partial charge is 0.0805 e. The Kier molecular flexibility index (Phi) is 5.53. The molecule has 0 amide bonds. The SMILES string of the molecule is CCC(CC)C(CC1=CC=CC1)CC1CCCC1. The molecule has 0 aromatic carbocycles. The van der Waals surface area contributed by atoms with Crippen molar-refractivity contribution in [2.45, 2.75) is 71.6 Å². The summed E-state index contributed by atoms with van der Waals surface area (Å²) in [5.41, 5.74) is 1.69. The highest BCUT2D eigenvalue weighted by atomic mass is 14.3. The second kappa shape index (κ2) is 7.16. The zero-order chi connectivity index (χ0) is 12.8. The topological polar surface area (TPSA) is 0 Å². The third-order valence-electron chi connectivity index (χ3n) is 5.20. The van der Waals surface area contributed by atoms with Crippen molar-refractivity contribution >= 4 is 0 Å². The summed E-state index contributed by atoms with van der Waals surface area (Å²) in [5.74, 6) is 2.95. The van der Waals surface area contributed by atoms with E-state index in [4.69, 9.17) is 0 Å². The lowest BCUT2D eigenvalue weighted by molar-refractivity contribution is 0.251. The predicted molar refractivity (Wildman–Crippen MR) is 80.6 cm³/mol. The molecule has 1 fully saturated rings. The first-order valence-electron chi connectivity index (χ1n) is 8.18. The first-order chi connectivity index (χ1) is 8.83. The molecule has 1 atom stereocenters. The van der Waals surface area contributed by atoms with Crippen LogP contribution in [-0.4, -0.2) is 0 Å². The van der Waals surface area contributed by atoms with Crippen molar-refractivity contribution in [1.29, 1.82) is 0 Å². The molecule has 0 saturated heterocycles. The van der Waals surface area contributed by atoms with Crippen LogP contribution in [0.25, 0.3) is 0 Å². The van der Waals surface area contributed by atoms with Gasteiger partial charge in [-0.2, -0.15) is 0 Å². The van der Waals surface area contributed by atoms with Gasteiger partial charge in [-0.15, -0.1) is 0 Å². The van der Waals surface area contributed by atoms with E-state index in [1.807, 2.05) is 0 Å². The molecule has 102 valence electrons. The molecule has 0 nitrogen and oxygen atoms in total. The van der Waals surface area contributed by atoms with Crippen molar-refractivity contribution < 1.29 is 0 Å². The van der Waals surface area contributed by atoms with Crippen LogP contribution in [0.15, 0.2) is 23.8 Å². The van der Waals surface area contributed by atoms with Crippen molar-refractivity contribution in [2.24, 2.45) is 17.8 Å². The summed E-state index contributed by atoms with van der Waals surface area (Å²) in [6, 6.07) is 0. The Bertz CT molecular complexity index is 287. The number of allylic oxidation sites excluding steroid dienone is 4. The number of hydrogen-bond donors (Lipinski definition) is 0. The van der Waals surface area contributed by atoms with Gasteiger partial charge in [0.05, 0.1) is 0 Å². The summed E-state index contributed by atoms with van der Waals surface area (Å²) in [4.78, 5) is 0. The molecule has 0 heteroatoms. The summed E-state index contributed by atoms with van der Waals surface area (Å²) in [6.45, 7) is 4.77. The summed E-state index contributed by atoms with van der Waals surface area (Å²) >= 11 is 0. The molecule has 0 spiro atoms. The molecule has 0 bridgehead atoms. The quantitative estimate of drug-likeness (QED) is 0.525. The van der Waals surface area contributed by atoms with Gasteiger partial charge in [-0.05, 0) is 37.0 Å². The van der Waals surface area contributed by atoms with Crippen LogP contribution in [0.1, 0.15) is 71.6 Å². The van der Waals surface area contributed by atoms with E-state index in [-0.39, 0.29) is 0 Å². The molecule has 1 unspecified atom stereocenters. The fourth-order valence-electron chi connectivity index (χ4n) is 4.05. The molecule has 2 aliphatic carbocycles. The smallest absolute Gasteiger partial charge is 0.0132 e. The normalized spacial score (nSPS) is 21.8. The minimum absolute atomic E-state index is 0.951. The second-order valence-corrected chi connectivity index (χ2v) is 6.38. The summed E-state index contributed by atoms with van der Waals surface area (Å²) in [5, 5.41) is 0. The molecular weight excluding hydrogens is 216 g/mol. The van der Waals surface area contributed by atoms with Crippen molar-refractivity contribution in [3.8, 4) is 0 Å². The van der Waals surface area contributed by atoms with E-state index in [1.165, 1.54) is 57.8 Å². The zero-order valence-corrected chi connectivity index (χ0v) is 12.3. The maximum Gasteiger partial charge on any atom is -0.0132 e. The molecule has 0 aromatic heterocycles. The van der Waals surface area contributed by atoms with Gasteiger partial charge < -0.3 is 0 Å². The molecule has 18 heavy (non-hydrogen) atoms. The van der Waals surface area contributed by atoms with Gasteiger partial charge in [0.15, 0.2) is 0 Å². The van der Waals surface area contributed by atoms with E-state index >= 15 is 0 Å². The first-order valence-corrected chi connectivity index (χ1v) is 8.18. The third kappa shape index (κ3) is 3.73. The van der Waals surface area contributed by atoms with Crippen molar-refractivity contribution in [3.05, 3.63) is 23.8 Å². The van der Waals surface area contributed by atoms with E-state index in [0.29, 0.717) is 0 Å². The average Bonchev–Trinajstić information content (AvgIpc) is 3.03. The Morgan fingerprint density at radius 3 is 2.39 bits per heavy atom. The van der Waals surface area contributed by atoms with E-state index in [9.17, 15) is 0 Å². The van der Waals surface area contributed by atoms with E-state index in [1.54, 1.807) is 5.57 Å². The maximum atomic E-state index is 2.39. The summed E-state index contributed by atoms with van der Waals surface area (Å²) in [7, 11) is 0. The summed E-state index contributed by atoms with van der Waals surface area (Å²) in [6.07, 6.45) is 19.8. The van der Waals surface area contributed by atoms with Crippen LogP contribution in [0.2, 0.25) is 0 Å². The molecule has 0 heterocycles. The lowest BCUT2D eigenvalue weighted by Crippen LogP contribution is -2.17. The van der Waals surface area contributed by atoms with E-state index < -0.39 is 0 Å². The molecule has 2 rings (SSSR count). The fourth-order valence-corrected chi connectivity index (χ4v) is 4.05. The molecule has 1 saturated carbocycles. The molecule has 0 aliphatic heterocycles. The van der Waals surface area contributed by atoms with Gasteiger partial charge in [0, 0.05) is 0 Å². The van der Waals surface area contributed by atoms with Gasteiger partial charge >= 0.3 is 0 Å². The van der Waals surface area contributed by atoms with Crippen LogP contribution in [0.4, 0.5) is 0 Å². The number of hydrogen-bond acceptors (Lipinski definition) is 0.